The summed E-state index contributed by atoms with van der Waals surface area (Å²) in [5.41, 5.74) is 0.0838. The summed E-state index contributed by atoms with van der Waals surface area (Å²) in [5, 5.41) is 11.7. The molecule has 2 heterocycles. The van der Waals surface area contributed by atoms with Crippen molar-refractivity contribution in [2.45, 2.75) is 25.1 Å². The smallest absolute Gasteiger partial charge is 0.253 e. The number of piperidine rings is 1. The second kappa shape index (κ2) is 8.63. The molecule has 0 spiro atoms. The van der Waals surface area contributed by atoms with Crippen LogP contribution in [0.4, 0.5) is 8.78 Å². The van der Waals surface area contributed by atoms with Crippen molar-refractivity contribution >= 4 is 17.5 Å². The molecule has 0 aliphatic carbocycles. The zero-order valence-corrected chi connectivity index (χ0v) is 15.8. The highest BCUT2D eigenvalue weighted by Gasteiger charge is 2.35. The fourth-order valence-electron chi connectivity index (χ4n) is 3.11. The van der Waals surface area contributed by atoms with Crippen molar-refractivity contribution in [3.05, 3.63) is 64.2 Å². The molecule has 8 heteroatoms. The summed E-state index contributed by atoms with van der Waals surface area (Å²) in [6.45, 7) is 1.11. The molecule has 1 fully saturated rings. The summed E-state index contributed by atoms with van der Waals surface area (Å²) in [6.07, 6.45) is 1.90. The Bertz CT molecular complexity index is 890. The van der Waals surface area contributed by atoms with Crippen molar-refractivity contribution in [1.29, 1.82) is 5.26 Å². The zero-order valence-electron chi connectivity index (χ0n) is 15.1. The summed E-state index contributed by atoms with van der Waals surface area (Å²) in [5.74, 6) is -0.860. The van der Waals surface area contributed by atoms with E-state index in [4.69, 9.17) is 16.9 Å². The van der Waals surface area contributed by atoms with Gasteiger partial charge in [-0.05, 0) is 30.3 Å². The molecule has 1 aromatic heterocycles. The Labute approximate surface area is 166 Å². The monoisotopic (exact) mass is 404 g/mol. The van der Waals surface area contributed by atoms with Gasteiger partial charge >= 0.3 is 0 Å². The Morgan fingerprint density at radius 2 is 2.07 bits per heavy atom. The zero-order chi connectivity index (χ0) is 20.1. The summed E-state index contributed by atoms with van der Waals surface area (Å²) in [6, 6.07) is 9.22. The van der Waals surface area contributed by atoms with E-state index in [0.717, 1.165) is 11.8 Å². The second-order valence-electron chi connectivity index (χ2n) is 6.83. The fourth-order valence-corrected chi connectivity index (χ4v) is 3.29. The van der Waals surface area contributed by atoms with Crippen molar-refractivity contribution in [3.63, 3.8) is 0 Å². The first-order chi connectivity index (χ1) is 13.4. The Morgan fingerprint density at radius 1 is 1.32 bits per heavy atom. The summed E-state index contributed by atoms with van der Waals surface area (Å²) in [4.78, 5) is 18.2. The Kier molecular flexibility index (Phi) is 6.22. The maximum Gasteiger partial charge on any atom is 0.253 e. The van der Waals surface area contributed by atoms with E-state index in [2.05, 4.69) is 10.3 Å². The number of nitriles is 1. The number of hydrogen-bond donors (Lipinski definition) is 1. The third-order valence-corrected chi connectivity index (χ3v) is 5.10. The number of carbonyl (C=O) groups is 1. The summed E-state index contributed by atoms with van der Waals surface area (Å²) in [7, 11) is 0. The van der Waals surface area contributed by atoms with Crippen molar-refractivity contribution < 1.29 is 13.6 Å². The molecule has 1 aliphatic heterocycles. The lowest BCUT2D eigenvalue weighted by Gasteiger charge is -2.36. The van der Waals surface area contributed by atoms with Crippen molar-refractivity contribution in [1.82, 2.24) is 15.2 Å². The maximum atomic E-state index is 15.0. The predicted molar refractivity (Wildman–Crippen MR) is 101 cm³/mol. The van der Waals surface area contributed by atoms with Crippen LogP contribution in [-0.4, -0.2) is 41.1 Å². The third kappa shape index (κ3) is 4.83. The molecule has 0 bridgehead atoms. The number of likely N-dealkylation sites (tertiary alicyclic amines) is 1. The van der Waals surface area contributed by atoms with Crippen LogP contribution >= 0.6 is 11.6 Å². The molecule has 2 aromatic rings. The summed E-state index contributed by atoms with van der Waals surface area (Å²) < 4.78 is 28.3. The normalized spacial score (nSPS) is 15.9. The maximum absolute atomic E-state index is 15.0. The van der Waals surface area contributed by atoms with Gasteiger partial charge in [-0.2, -0.15) is 5.26 Å². The Morgan fingerprint density at radius 3 is 2.68 bits per heavy atom. The summed E-state index contributed by atoms with van der Waals surface area (Å²) >= 11 is 5.73. The van der Waals surface area contributed by atoms with Gasteiger partial charge in [0.15, 0.2) is 0 Å². The van der Waals surface area contributed by atoms with E-state index in [1.54, 1.807) is 17.0 Å². The van der Waals surface area contributed by atoms with Crippen LogP contribution in [-0.2, 0) is 6.54 Å². The molecule has 0 unspecified atom stereocenters. The number of halogens is 3. The third-order valence-electron chi connectivity index (χ3n) is 4.82. The van der Waals surface area contributed by atoms with Crippen molar-refractivity contribution in [2.24, 2.45) is 0 Å². The highest BCUT2D eigenvalue weighted by Crippen LogP contribution is 2.27. The molecule has 28 heavy (non-hydrogen) atoms. The molecule has 1 aromatic carbocycles. The molecule has 0 saturated carbocycles. The molecule has 1 aliphatic rings. The van der Waals surface area contributed by atoms with E-state index >= 15 is 4.39 Å². The lowest BCUT2D eigenvalue weighted by Crippen LogP contribution is -2.48. The van der Waals surface area contributed by atoms with Crippen LogP contribution in [0.3, 0.4) is 0 Å². The van der Waals surface area contributed by atoms with E-state index in [1.807, 2.05) is 6.07 Å². The van der Waals surface area contributed by atoms with Crippen LogP contribution in [0.5, 0.6) is 0 Å². The molecule has 146 valence electrons. The first kappa shape index (κ1) is 20.2. The van der Waals surface area contributed by atoms with Gasteiger partial charge in [-0.25, -0.2) is 8.78 Å². The number of alkyl halides is 1. The Hall–Kier alpha value is -2.56. The van der Waals surface area contributed by atoms with Crippen LogP contribution in [0.15, 0.2) is 36.5 Å². The van der Waals surface area contributed by atoms with Crippen molar-refractivity contribution in [3.8, 4) is 6.07 Å². The number of amides is 1. The molecule has 1 N–H and O–H groups in total. The van der Waals surface area contributed by atoms with Crippen LogP contribution in [0.1, 0.15) is 34.5 Å². The van der Waals surface area contributed by atoms with Gasteiger partial charge < -0.3 is 10.2 Å². The number of aromatic nitrogens is 1. The number of pyridine rings is 1. The van der Waals surface area contributed by atoms with Gasteiger partial charge in [-0.15, -0.1) is 0 Å². The molecule has 1 amide bonds. The molecule has 1 saturated heterocycles. The quantitative estimate of drug-likeness (QED) is 0.828. The highest BCUT2D eigenvalue weighted by molar-refractivity contribution is 6.31. The van der Waals surface area contributed by atoms with E-state index < -0.39 is 11.5 Å². The lowest BCUT2D eigenvalue weighted by molar-refractivity contribution is 0.0434. The largest absolute Gasteiger partial charge is 0.338 e. The number of hydrogen-bond acceptors (Lipinski definition) is 4. The van der Waals surface area contributed by atoms with Crippen molar-refractivity contribution in [2.75, 3.05) is 19.6 Å². The minimum Gasteiger partial charge on any atom is -0.338 e. The number of rotatable bonds is 5. The van der Waals surface area contributed by atoms with Gasteiger partial charge in [0, 0.05) is 50.8 Å². The van der Waals surface area contributed by atoms with E-state index in [0.29, 0.717) is 17.7 Å². The standard InChI is InChI=1S/C20H19ClF2N4O/c21-17-9-15(2-4-18(17)22)19(28)27-7-5-20(23,6-8-27)13-25-12-16-3-1-14(10-24)11-26-16/h1-4,9,11,25H,5-8,12-13H2. The highest BCUT2D eigenvalue weighted by atomic mass is 35.5. The van der Waals surface area contributed by atoms with Gasteiger partial charge in [-0.1, -0.05) is 11.6 Å². The van der Waals surface area contributed by atoms with E-state index in [1.165, 1.54) is 18.3 Å². The van der Waals surface area contributed by atoms with Gasteiger partial charge in [0.25, 0.3) is 5.91 Å². The molecule has 0 atom stereocenters. The van der Waals surface area contributed by atoms with Gasteiger partial charge in [0.05, 0.1) is 16.3 Å². The first-order valence-electron chi connectivity index (χ1n) is 8.89. The SMILES string of the molecule is N#Cc1ccc(CNCC2(F)CCN(C(=O)c3ccc(F)c(Cl)c3)CC2)nc1. The van der Waals surface area contributed by atoms with Crippen LogP contribution in [0.2, 0.25) is 5.02 Å². The average Bonchev–Trinajstić information content (AvgIpc) is 2.70. The van der Waals surface area contributed by atoms with Crippen LogP contribution in [0.25, 0.3) is 0 Å². The molecule has 5 nitrogen and oxygen atoms in total. The minimum absolute atomic E-state index is 0.108. The number of nitrogens with zero attached hydrogens (tertiary/aromatic N) is 3. The fraction of sp³-hybridized carbons (Fsp3) is 0.350. The van der Waals surface area contributed by atoms with Crippen LogP contribution in [0, 0.1) is 17.1 Å². The van der Waals surface area contributed by atoms with E-state index in [-0.39, 0.29) is 43.4 Å². The van der Waals surface area contributed by atoms with Gasteiger partial charge in [0.1, 0.15) is 17.6 Å². The minimum atomic E-state index is -1.41. The molecular formula is C20H19ClF2N4O. The number of nitrogens with one attached hydrogen (secondary N) is 1. The molecule has 3 rings (SSSR count). The molecule has 0 radical (unpaired) electrons. The van der Waals surface area contributed by atoms with Crippen LogP contribution < -0.4 is 5.32 Å². The Balaban J connectivity index is 1.49. The van der Waals surface area contributed by atoms with Gasteiger partial charge in [-0.3, -0.25) is 9.78 Å². The topological polar surface area (TPSA) is 69.0 Å². The van der Waals surface area contributed by atoms with Gasteiger partial charge in [0.2, 0.25) is 0 Å². The first-order valence-corrected chi connectivity index (χ1v) is 9.27. The predicted octanol–water partition coefficient (Wildman–Crippen LogP) is 3.48. The van der Waals surface area contributed by atoms with E-state index in [9.17, 15) is 9.18 Å². The molecular weight excluding hydrogens is 386 g/mol. The average molecular weight is 405 g/mol. The second-order valence-corrected chi connectivity index (χ2v) is 7.23. The number of benzene rings is 1. The lowest BCUT2D eigenvalue weighted by atomic mass is 9.92. The number of carbonyl (C=O) groups excluding carboxylic acids is 1.